The van der Waals surface area contributed by atoms with Gasteiger partial charge in [0.05, 0.1) is 56.7 Å². The Bertz CT molecular complexity index is 1420. The topological polar surface area (TPSA) is 244 Å². The highest BCUT2D eigenvalue weighted by atomic mass is 16.7. The van der Waals surface area contributed by atoms with Crippen molar-refractivity contribution in [2.75, 3.05) is 39.6 Å². The molecule has 0 spiro atoms. The number of carbonyl (C=O) groups excluding carboxylic acids is 2. The first-order valence-corrected chi connectivity index (χ1v) is 16.7. The number of amides is 2. The van der Waals surface area contributed by atoms with E-state index in [0.717, 1.165) is 18.5 Å². The number of ether oxygens (including phenoxy) is 4. The molecule has 1 aromatic carbocycles. The van der Waals surface area contributed by atoms with E-state index in [1.165, 1.54) is 0 Å². The third kappa shape index (κ3) is 13.2. The molecule has 0 radical (unpaired) electrons. The highest BCUT2D eigenvalue weighted by Gasteiger charge is 2.55. The van der Waals surface area contributed by atoms with Gasteiger partial charge < -0.3 is 50.4 Å². The number of carbonyl (C=O) groups is 3. The average Bonchev–Trinajstić information content (AvgIpc) is 3.58. The molecule has 1 saturated heterocycles. The second kappa shape index (κ2) is 21.3. The lowest BCUT2D eigenvalue weighted by Gasteiger charge is -2.46. The monoisotopic (exact) mass is 718 g/mol. The molecule has 2 heterocycles. The van der Waals surface area contributed by atoms with Gasteiger partial charge in [-0.3, -0.25) is 9.59 Å². The summed E-state index contributed by atoms with van der Waals surface area (Å²) in [4.78, 5) is 37.0. The van der Waals surface area contributed by atoms with Crippen molar-refractivity contribution >= 4 is 17.8 Å². The molecule has 0 unspecified atom stereocenters. The van der Waals surface area contributed by atoms with Crippen LogP contribution in [0.25, 0.3) is 0 Å². The lowest BCUT2D eigenvalue weighted by molar-refractivity contribution is -0.310. The molecule has 0 aliphatic carbocycles. The summed E-state index contributed by atoms with van der Waals surface area (Å²) in [6.07, 6.45) is 2.90. The van der Waals surface area contributed by atoms with Crippen molar-refractivity contribution < 1.29 is 58.9 Å². The van der Waals surface area contributed by atoms with E-state index in [2.05, 4.69) is 38.7 Å². The number of unbranched alkanes of at least 4 members (excludes halogenated alkanes) is 3. The number of aliphatic hydroxyl groups excluding tert-OH is 4. The van der Waals surface area contributed by atoms with Crippen LogP contribution in [-0.2, 0) is 52.7 Å². The summed E-state index contributed by atoms with van der Waals surface area (Å²) in [5, 5.41) is 65.2. The number of aliphatic hydroxyl groups is 4. The predicted octanol–water partition coefficient (Wildman–Crippen LogP) is -1.31. The number of hydrogen-bond acceptors (Lipinski definition) is 13. The largest absolute Gasteiger partial charge is 0.477 e. The van der Waals surface area contributed by atoms with Crippen molar-refractivity contribution in [1.29, 1.82) is 0 Å². The van der Waals surface area contributed by atoms with E-state index in [-0.39, 0.29) is 13.0 Å². The lowest BCUT2D eigenvalue weighted by Crippen LogP contribution is -2.68. The fourth-order valence-electron chi connectivity index (χ4n) is 5.41. The normalized spacial score (nSPS) is 21.4. The molecule has 280 valence electrons. The standard InChI is InChI=1S/C34H47N5O12/c1-3-23-9-11-24(12-10-23)18-28(43)35-20-27(42)31(45)32-30(36-29(44)22-40)26(41)19-34(51-32,33(46)47)50-14-7-5-4-6-8-25-21-39(38-37-25)13-15-49-17-16-48-2/h1,9-12,21,26-27,30-32,40-42,45H,2,4-8,13-20,22H2,(H2-,35,36,43,44,46,47)/p+1/t26-,27+,30+,31+,32+,34+/m0/s1. The number of hydrogen-bond donors (Lipinski definition) is 7. The van der Waals surface area contributed by atoms with Crippen LogP contribution in [0.3, 0.4) is 0 Å². The van der Waals surface area contributed by atoms with Crippen LogP contribution in [0.1, 0.15) is 48.9 Å². The van der Waals surface area contributed by atoms with Crippen LogP contribution in [0, 0.1) is 19.5 Å². The van der Waals surface area contributed by atoms with Gasteiger partial charge in [0.2, 0.25) is 18.9 Å². The summed E-state index contributed by atoms with van der Waals surface area (Å²) in [5.41, 5.74) is 2.11. The molecular weight excluding hydrogens is 670 g/mol. The van der Waals surface area contributed by atoms with Gasteiger partial charge in [0, 0.05) is 24.7 Å². The molecule has 1 aliphatic rings. The number of aromatic nitrogens is 3. The number of benzene rings is 1. The summed E-state index contributed by atoms with van der Waals surface area (Å²) in [6.45, 7) is 0.352. The van der Waals surface area contributed by atoms with Gasteiger partial charge in [0.15, 0.2) is 0 Å². The number of terminal acetylenes is 1. The molecule has 1 aromatic heterocycles. The quantitative estimate of drug-likeness (QED) is 0.0401. The van der Waals surface area contributed by atoms with Gasteiger partial charge >= 0.3 is 5.97 Å². The highest BCUT2D eigenvalue weighted by molar-refractivity contribution is 5.79. The Kier molecular flexibility index (Phi) is 17.2. The molecule has 2 amide bonds. The number of carboxylic acids is 1. The van der Waals surface area contributed by atoms with Gasteiger partial charge in [-0.1, -0.05) is 36.1 Å². The Balaban J connectivity index is 1.52. The van der Waals surface area contributed by atoms with E-state index in [1.54, 1.807) is 28.9 Å². The third-order valence-electron chi connectivity index (χ3n) is 8.18. The van der Waals surface area contributed by atoms with E-state index in [1.807, 2.05) is 6.20 Å². The van der Waals surface area contributed by atoms with Crippen LogP contribution in [0.15, 0.2) is 30.5 Å². The fraction of sp³-hybridized carbons (Fsp3) is 0.588. The van der Waals surface area contributed by atoms with E-state index in [9.17, 15) is 39.9 Å². The Morgan fingerprint density at radius 1 is 1.10 bits per heavy atom. The van der Waals surface area contributed by atoms with Gasteiger partial charge in [-0.25, -0.2) is 9.48 Å². The summed E-state index contributed by atoms with van der Waals surface area (Å²) < 4.78 is 23.2. The minimum absolute atomic E-state index is 0.0521. The van der Waals surface area contributed by atoms with E-state index < -0.39 is 73.6 Å². The average molecular weight is 719 g/mol. The second-order valence-electron chi connectivity index (χ2n) is 12.0. The summed E-state index contributed by atoms with van der Waals surface area (Å²) in [5.74, 6) is -2.97. The zero-order chi connectivity index (χ0) is 37.2. The fourth-order valence-corrected chi connectivity index (χ4v) is 5.41. The maximum Gasteiger partial charge on any atom is 0.364 e. The van der Waals surface area contributed by atoms with Crippen molar-refractivity contribution in [2.24, 2.45) is 0 Å². The zero-order valence-electron chi connectivity index (χ0n) is 28.4. The van der Waals surface area contributed by atoms with Gasteiger partial charge in [0.25, 0.3) is 5.79 Å². The molecule has 6 atom stereocenters. The zero-order valence-corrected chi connectivity index (χ0v) is 28.4. The SMILES string of the molecule is C#Cc1ccc(CC(=O)NC[C@@H](O)[C@@H](O)[C@@H]2O[C@@](OCCCCCCc3cn(CCOCCO[CH2+])nn3)(C(=O)O)C[C@H](O)[C@H]2NC(=O)CO)cc1. The van der Waals surface area contributed by atoms with Crippen molar-refractivity contribution in [1.82, 2.24) is 25.6 Å². The van der Waals surface area contributed by atoms with Crippen LogP contribution < -0.4 is 10.6 Å². The molecule has 3 rings (SSSR count). The van der Waals surface area contributed by atoms with Crippen LogP contribution >= 0.6 is 0 Å². The first-order valence-electron chi connectivity index (χ1n) is 16.7. The Labute approximate surface area is 296 Å². The van der Waals surface area contributed by atoms with Gasteiger partial charge in [-0.15, -0.1) is 11.5 Å². The van der Waals surface area contributed by atoms with Gasteiger partial charge in [0.1, 0.15) is 25.4 Å². The maximum atomic E-state index is 12.5. The van der Waals surface area contributed by atoms with Crippen molar-refractivity contribution in [3.63, 3.8) is 0 Å². The molecule has 7 N–H and O–H groups in total. The maximum absolute atomic E-state index is 12.5. The molecule has 2 aromatic rings. The van der Waals surface area contributed by atoms with Crippen LogP contribution in [0.2, 0.25) is 0 Å². The number of nitrogens with zero attached hydrogens (tertiary/aromatic N) is 3. The Morgan fingerprint density at radius 3 is 2.53 bits per heavy atom. The van der Waals surface area contributed by atoms with Crippen LogP contribution in [-0.4, -0.2) is 134 Å². The van der Waals surface area contributed by atoms with Crippen LogP contribution in [0.5, 0.6) is 0 Å². The number of aryl methyl sites for hydroxylation is 1. The first kappa shape index (κ1) is 41.3. The lowest BCUT2D eigenvalue weighted by atomic mass is 9.88. The molecule has 1 fully saturated rings. The molecular formula is C34H48N5O12+. The number of nitrogens with one attached hydrogen (secondary N) is 2. The second-order valence-corrected chi connectivity index (χ2v) is 12.0. The highest BCUT2D eigenvalue weighted by Crippen LogP contribution is 2.34. The van der Waals surface area contributed by atoms with E-state index >= 15 is 0 Å². The molecule has 17 heteroatoms. The van der Waals surface area contributed by atoms with Crippen molar-refractivity contribution in [3.05, 3.63) is 54.4 Å². The molecule has 1 aliphatic heterocycles. The first-order chi connectivity index (χ1) is 24.5. The van der Waals surface area contributed by atoms with Crippen LogP contribution in [0.4, 0.5) is 0 Å². The van der Waals surface area contributed by atoms with Crippen molar-refractivity contribution in [3.8, 4) is 12.3 Å². The summed E-state index contributed by atoms with van der Waals surface area (Å²) in [6, 6.07) is 5.26. The Morgan fingerprint density at radius 2 is 1.84 bits per heavy atom. The number of rotatable bonds is 23. The molecule has 0 saturated carbocycles. The summed E-state index contributed by atoms with van der Waals surface area (Å²) >= 11 is 0. The minimum Gasteiger partial charge on any atom is -0.477 e. The van der Waals surface area contributed by atoms with Gasteiger partial charge in [-0.05, 0) is 37.0 Å². The molecule has 0 bridgehead atoms. The summed E-state index contributed by atoms with van der Waals surface area (Å²) in [7, 11) is 3.28. The molecule has 17 nitrogen and oxygen atoms in total. The smallest absolute Gasteiger partial charge is 0.364 e. The number of aliphatic carboxylic acids is 1. The van der Waals surface area contributed by atoms with Crippen molar-refractivity contribution in [2.45, 2.75) is 87.7 Å². The molecule has 51 heavy (non-hydrogen) atoms. The predicted molar refractivity (Wildman–Crippen MR) is 178 cm³/mol. The number of carboxylic acid groups (broad SMARTS) is 1. The van der Waals surface area contributed by atoms with E-state index in [4.69, 9.17) is 20.6 Å². The van der Waals surface area contributed by atoms with E-state index in [0.29, 0.717) is 56.8 Å². The van der Waals surface area contributed by atoms with Gasteiger partial charge in [-0.2, -0.15) is 4.74 Å². The Hall–Kier alpha value is -4.12. The minimum atomic E-state index is -2.43. The third-order valence-corrected chi connectivity index (χ3v) is 8.18.